The zero-order valence-electron chi connectivity index (χ0n) is 8.98. The van der Waals surface area contributed by atoms with Crippen molar-refractivity contribution in [3.05, 3.63) is 51.1 Å². The predicted octanol–water partition coefficient (Wildman–Crippen LogP) is 2.86. The Kier molecular flexibility index (Phi) is 3.42. The highest BCUT2D eigenvalue weighted by atomic mass is 32.1. The van der Waals surface area contributed by atoms with Crippen LogP contribution in [0, 0.1) is 0 Å². The van der Waals surface area contributed by atoms with Gasteiger partial charge in [-0.1, -0.05) is 23.5 Å². The van der Waals surface area contributed by atoms with Crippen LogP contribution in [-0.2, 0) is 6.54 Å². The van der Waals surface area contributed by atoms with Crippen LogP contribution in [-0.4, -0.2) is 10.9 Å². The van der Waals surface area contributed by atoms with Gasteiger partial charge < -0.3 is 9.30 Å². The smallest absolute Gasteiger partial charge is 0.406 e. The van der Waals surface area contributed by atoms with E-state index in [-0.39, 0.29) is 10.6 Å². The number of hydrogen-bond acceptors (Lipinski definition) is 3. The van der Waals surface area contributed by atoms with Gasteiger partial charge in [-0.2, -0.15) is 0 Å². The van der Waals surface area contributed by atoms with Gasteiger partial charge in [0, 0.05) is 11.6 Å². The summed E-state index contributed by atoms with van der Waals surface area (Å²) in [6.07, 6.45) is -3.06. The number of thiazole rings is 1. The first-order valence-electron chi connectivity index (χ1n) is 4.93. The van der Waals surface area contributed by atoms with E-state index in [0.717, 1.165) is 16.9 Å². The quantitative estimate of drug-likeness (QED) is 0.862. The van der Waals surface area contributed by atoms with Crippen molar-refractivity contribution in [1.29, 1.82) is 0 Å². The van der Waals surface area contributed by atoms with Gasteiger partial charge in [-0.05, 0) is 17.7 Å². The molecule has 96 valence electrons. The summed E-state index contributed by atoms with van der Waals surface area (Å²) in [6, 6.07) is 5.43. The van der Waals surface area contributed by atoms with Gasteiger partial charge >= 0.3 is 11.2 Å². The van der Waals surface area contributed by atoms with E-state index in [4.69, 9.17) is 0 Å². The van der Waals surface area contributed by atoms with Crippen LogP contribution in [0.2, 0.25) is 0 Å². The summed E-state index contributed by atoms with van der Waals surface area (Å²) in [7, 11) is 0. The van der Waals surface area contributed by atoms with E-state index in [2.05, 4.69) is 4.74 Å². The number of alkyl halides is 3. The van der Waals surface area contributed by atoms with E-state index in [1.54, 1.807) is 11.6 Å². The normalized spacial score (nSPS) is 11.5. The van der Waals surface area contributed by atoms with Gasteiger partial charge in [0.05, 0.1) is 6.54 Å². The third-order valence-corrected chi connectivity index (χ3v) is 2.85. The molecular weight excluding hydrogens is 267 g/mol. The van der Waals surface area contributed by atoms with Crippen LogP contribution in [0.5, 0.6) is 5.75 Å². The van der Waals surface area contributed by atoms with Crippen molar-refractivity contribution in [3.63, 3.8) is 0 Å². The molecule has 2 rings (SSSR count). The summed E-state index contributed by atoms with van der Waals surface area (Å²) in [5, 5.41) is 1.66. The fraction of sp³-hybridized carbons (Fsp3) is 0.182. The first kappa shape index (κ1) is 12.7. The van der Waals surface area contributed by atoms with Crippen LogP contribution >= 0.6 is 11.3 Å². The first-order valence-corrected chi connectivity index (χ1v) is 5.81. The van der Waals surface area contributed by atoms with Gasteiger partial charge in [0.2, 0.25) is 0 Å². The Morgan fingerprint density at radius 2 is 1.89 bits per heavy atom. The van der Waals surface area contributed by atoms with Crippen molar-refractivity contribution in [1.82, 2.24) is 4.57 Å². The number of ether oxygens (including phenoxy) is 1. The summed E-state index contributed by atoms with van der Waals surface area (Å²) < 4.78 is 41.0. The maximum absolute atomic E-state index is 11.9. The van der Waals surface area contributed by atoms with E-state index in [1.165, 1.54) is 28.8 Å². The molecule has 1 aromatic carbocycles. The van der Waals surface area contributed by atoms with Gasteiger partial charge in [-0.25, -0.2) is 0 Å². The molecule has 0 spiro atoms. The highest BCUT2D eigenvalue weighted by Crippen LogP contribution is 2.22. The third kappa shape index (κ3) is 3.36. The molecule has 1 aromatic heterocycles. The number of nitrogens with zero attached hydrogens (tertiary/aromatic N) is 1. The predicted molar refractivity (Wildman–Crippen MR) is 60.8 cm³/mol. The number of benzene rings is 1. The van der Waals surface area contributed by atoms with Crippen molar-refractivity contribution in [3.8, 4) is 5.75 Å². The van der Waals surface area contributed by atoms with Gasteiger partial charge in [-0.15, -0.1) is 13.2 Å². The molecule has 0 aliphatic heterocycles. The van der Waals surface area contributed by atoms with E-state index in [1.807, 2.05) is 0 Å². The van der Waals surface area contributed by atoms with E-state index in [0.29, 0.717) is 6.54 Å². The van der Waals surface area contributed by atoms with Gasteiger partial charge in [0.15, 0.2) is 0 Å². The SMILES string of the molecule is O=c1sccn1Cc1ccc(OC(F)(F)F)cc1. The topological polar surface area (TPSA) is 31.2 Å². The molecule has 7 heteroatoms. The molecule has 0 unspecified atom stereocenters. The Morgan fingerprint density at radius 3 is 2.39 bits per heavy atom. The standard InChI is InChI=1S/C11H8F3NO2S/c12-11(13,14)17-9-3-1-8(2-4-9)7-15-5-6-18-10(15)16/h1-6H,7H2. The Balaban J connectivity index is 2.09. The lowest BCUT2D eigenvalue weighted by Gasteiger charge is -2.09. The van der Waals surface area contributed by atoms with Crippen LogP contribution in [0.15, 0.2) is 40.6 Å². The minimum absolute atomic E-state index is 0.106. The zero-order chi connectivity index (χ0) is 13.2. The van der Waals surface area contributed by atoms with Crippen molar-refractivity contribution in [2.24, 2.45) is 0 Å². The van der Waals surface area contributed by atoms with Crippen LogP contribution in [0.3, 0.4) is 0 Å². The lowest BCUT2D eigenvalue weighted by molar-refractivity contribution is -0.274. The molecule has 2 aromatic rings. The number of rotatable bonds is 3. The molecule has 0 saturated carbocycles. The fourth-order valence-electron chi connectivity index (χ4n) is 1.40. The lowest BCUT2D eigenvalue weighted by atomic mass is 10.2. The van der Waals surface area contributed by atoms with Crippen molar-refractivity contribution >= 4 is 11.3 Å². The van der Waals surface area contributed by atoms with E-state index < -0.39 is 6.36 Å². The summed E-state index contributed by atoms with van der Waals surface area (Å²) in [4.78, 5) is 11.2. The van der Waals surface area contributed by atoms with E-state index in [9.17, 15) is 18.0 Å². The number of aromatic nitrogens is 1. The maximum atomic E-state index is 11.9. The van der Waals surface area contributed by atoms with Crippen LogP contribution in [0.4, 0.5) is 13.2 Å². The van der Waals surface area contributed by atoms with Crippen LogP contribution in [0.1, 0.15) is 5.56 Å². The Hall–Kier alpha value is -1.76. The Morgan fingerprint density at radius 1 is 1.22 bits per heavy atom. The monoisotopic (exact) mass is 275 g/mol. The molecule has 18 heavy (non-hydrogen) atoms. The number of hydrogen-bond donors (Lipinski definition) is 0. The second-order valence-corrected chi connectivity index (χ2v) is 4.35. The molecule has 0 atom stereocenters. The second kappa shape index (κ2) is 4.85. The molecule has 1 heterocycles. The average molecular weight is 275 g/mol. The molecule has 0 saturated heterocycles. The highest BCUT2D eigenvalue weighted by Gasteiger charge is 2.30. The van der Waals surface area contributed by atoms with E-state index >= 15 is 0 Å². The lowest BCUT2D eigenvalue weighted by Crippen LogP contribution is -2.17. The Bertz CT molecular complexity index is 571. The molecule has 0 aliphatic rings. The average Bonchev–Trinajstić information content (AvgIpc) is 2.65. The van der Waals surface area contributed by atoms with Gasteiger partial charge in [0.1, 0.15) is 5.75 Å². The highest BCUT2D eigenvalue weighted by molar-refractivity contribution is 7.07. The molecule has 3 nitrogen and oxygen atoms in total. The third-order valence-electron chi connectivity index (χ3n) is 2.15. The molecule has 0 aliphatic carbocycles. The molecular formula is C11H8F3NO2S. The van der Waals surface area contributed by atoms with Gasteiger partial charge in [0.25, 0.3) is 0 Å². The molecule has 0 N–H and O–H groups in total. The maximum Gasteiger partial charge on any atom is 0.573 e. The van der Waals surface area contributed by atoms with Crippen molar-refractivity contribution in [2.45, 2.75) is 12.9 Å². The largest absolute Gasteiger partial charge is 0.573 e. The summed E-state index contributed by atoms with van der Waals surface area (Å²) >= 11 is 1.07. The second-order valence-electron chi connectivity index (χ2n) is 3.49. The number of halogens is 3. The van der Waals surface area contributed by atoms with Crippen molar-refractivity contribution < 1.29 is 17.9 Å². The minimum Gasteiger partial charge on any atom is -0.406 e. The molecule has 0 amide bonds. The minimum atomic E-state index is -4.69. The molecule has 0 fully saturated rings. The summed E-state index contributed by atoms with van der Waals surface area (Å²) in [6.45, 7) is 0.328. The molecule has 0 radical (unpaired) electrons. The Labute approximate surface area is 104 Å². The van der Waals surface area contributed by atoms with Crippen molar-refractivity contribution in [2.75, 3.05) is 0 Å². The van der Waals surface area contributed by atoms with Crippen LogP contribution < -0.4 is 9.61 Å². The van der Waals surface area contributed by atoms with Gasteiger partial charge in [-0.3, -0.25) is 4.79 Å². The summed E-state index contributed by atoms with van der Waals surface area (Å²) in [5.74, 6) is -0.274. The summed E-state index contributed by atoms with van der Waals surface area (Å²) in [5.41, 5.74) is 0.727. The zero-order valence-corrected chi connectivity index (χ0v) is 9.79. The van der Waals surface area contributed by atoms with Crippen LogP contribution in [0.25, 0.3) is 0 Å². The first-order chi connectivity index (χ1) is 8.44. The molecule has 0 bridgehead atoms. The fourth-order valence-corrected chi connectivity index (χ4v) is 1.99.